The van der Waals surface area contributed by atoms with Crippen molar-refractivity contribution in [1.82, 2.24) is 15.0 Å². The summed E-state index contributed by atoms with van der Waals surface area (Å²) >= 11 is 1.42. The number of rotatable bonds is 5. The quantitative estimate of drug-likeness (QED) is 0.682. The first kappa shape index (κ1) is 18.9. The number of hydrogen-bond donors (Lipinski definition) is 1. The first-order chi connectivity index (χ1) is 12.8. The lowest BCUT2D eigenvalue weighted by Crippen LogP contribution is -2.35. The number of aryl methyl sites for hydroxylation is 2. The molecule has 140 valence electrons. The van der Waals surface area contributed by atoms with E-state index >= 15 is 0 Å². The number of hydrogen-bond acceptors (Lipinski definition) is 6. The number of aromatic nitrogens is 3. The number of anilines is 1. The van der Waals surface area contributed by atoms with Crippen LogP contribution >= 0.6 is 11.3 Å². The highest BCUT2D eigenvalue weighted by molar-refractivity contribution is 7.18. The fraction of sp³-hybridized carbons (Fsp3) is 0.316. The van der Waals surface area contributed by atoms with Crippen LogP contribution in [0.1, 0.15) is 47.1 Å². The van der Waals surface area contributed by atoms with Crippen molar-refractivity contribution < 1.29 is 9.59 Å². The molecule has 1 atom stereocenters. The van der Waals surface area contributed by atoms with Gasteiger partial charge < -0.3 is 5.32 Å². The molecule has 0 spiro atoms. The van der Waals surface area contributed by atoms with Crippen LogP contribution in [0.4, 0.5) is 5.69 Å². The zero-order valence-electron chi connectivity index (χ0n) is 15.6. The predicted octanol–water partition coefficient (Wildman–Crippen LogP) is 3.26. The lowest BCUT2D eigenvalue weighted by Gasteiger charge is -2.16. The summed E-state index contributed by atoms with van der Waals surface area (Å²) in [7, 11) is 0. The van der Waals surface area contributed by atoms with Gasteiger partial charge in [0.2, 0.25) is 5.91 Å². The standard InChI is InChI=1S/C19H20N4O3S/c1-5-15(17(25)20-14-8-6-13(7-9-14)11(3)24)23-19(26)16-10(2)12(4)27-18(16)21-22-23/h6-9,15H,5H2,1-4H3,(H,20,25). The van der Waals surface area contributed by atoms with Crippen LogP contribution in [0, 0.1) is 13.8 Å². The van der Waals surface area contributed by atoms with Crippen molar-refractivity contribution in [3.8, 4) is 0 Å². The SMILES string of the molecule is CCC(C(=O)Nc1ccc(C(C)=O)cc1)n1nnc2sc(C)c(C)c2c1=O. The Morgan fingerprint density at radius 1 is 1.22 bits per heavy atom. The summed E-state index contributed by atoms with van der Waals surface area (Å²) < 4.78 is 1.15. The van der Waals surface area contributed by atoms with E-state index in [4.69, 9.17) is 0 Å². The highest BCUT2D eigenvalue weighted by Crippen LogP contribution is 2.25. The van der Waals surface area contributed by atoms with E-state index in [1.165, 1.54) is 18.3 Å². The van der Waals surface area contributed by atoms with Crippen LogP contribution in [0.25, 0.3) is 10.2 Å². The number of carbonyl (C=O) groups excluding carboxylic acids is 2. The van der Waals surface area contributed by atoms with Crippen LogP contribution in [-0.4, -0.2) is 26.7 Å². The molecule has 7 nitrogen and oxygen atoms in total. The van der Waals surface area contributed by atoms with Gasteiger partial charge in [0.15, 0.2) is 10.6 Å². The number of ketones is 1. The van der Waals surface area contributed by atoms with Gasteiger partial charge in [0.25, 0.3) is 5.56 Å². The van der Waals surface area contributed by atoms with Crippen LogP contribution < -0.4 is 10.9 Å². The van der Waals surface area contributed by atoms with E-state index in [1.54, 1.807) is 24.3 Å². The predicted molar refractivity (Wildman–Crippen MR) is 106 cm³/mol. The second-order valence-corrected chi connectivity index (χ2v) is 7.55. The Morgan fingerprint density at radius 2 is 1.89 bits per heavy atom. The minimum absolute atomic E-state index is 0.0455. The number of nitrogens with one attached hydrogen (secondary N) is 1. The maximum Gasteiger partial charge on any atom is 0.279 e. The lowest BCUT2D eigenvalue weighted by atomic mass is 10.1. The van der Waals surface area contributed by atoms with Gasteiger partial charge in [-0.15, -0.1) is 16.4 Å². The highest BCUT2D eigenvalue weighted by atomic mass is 32.1. The Labute approximate surface area is 160 Å². The van der Waals surface area contributed by atoms with E-state index in [-0.39, 0.29) is 17.2 Å². The Balaban J connectivity index is 1.92. The summed E-state index contributed by atoms with van der Waals surface area (Å²) in [4.78, 5) is 38.6. The maximum atomic E-state index is 12.9. The molecule has 1 unspecified atom stereocenters. The Kier molecular flexibility index (Phi) is 5.18. The zero-order valence-corrected chi connectivity index (χ0v) is 16.4. The number of nitrogens with zero attached hydrogens (tertiary/aromatic N) is 3. The third-order valence-electron chi connectivity index (χ3n) is 4.56. The summed E-state index contributed by atoms with van der Waals surface area (Å²) in [5.74, 6) is -0.399. The minimum atomic E-state index is -0.776. The average molecular weight is 384 g/mol. The van der Waals surface area contributed by atoms with E-state index in [0.29, 0.717) is 27.9 Å². The monoisotopic (exact) mass is 384 g/mol. The van der Waals surface area contributed by atoms with E-state index < -0.39 is 6.04 Å². The molecule has 3 aromatic rings. The van der Waals surface area contributed by atoms with E-state index in [1.807, 2.05) is 20.8 Å². The second-order valence-electron chi connectivity index (χ2n) is 6.35. The zero-order chi connectivity index (χ0) is 19.7. The van der Waals surface area contributed by atoms with Crippen molar-refractivity contribution in [2.75, 3.05) is 5.32 Å². The van der Waals surface area contributed by atoms with Crippen molar-refractivity contribution in [3.05, 3.63) is 50.6 Å². The van der Waals surface area contributed by atoms with Crippen molar-refractivity contribution in [2.24, 2.45) is 0 Å². The fourth-order valence-electron chi connectivity index (χ4n) is 2.86. The van der Waals surface area contributed by atoms with Crippen molar-refractivity contribution in [3.63, 3.8) is 0 Å². The first-order valence-corrected chi connectivity index (χ1v) is 9.42. The van der Waals surface area contributed by atoms with Gasteiger partial charge in [-0.3, -0.25) is 14.4 Å². The Hall–Kier alpha value is -2.87. The van der Waals surface area contributed by atoms with Crippen LogP contribution in [-0.2, 0) is 4.79 Å². The average Bonchev–Trinajstić information content (AvgIpc) is 2.93. The smallest absolute Gasteiger partial charge is 0.279 e. The van der Waals surface area contributed by atoms with Gasteiger partial charge >= 0.3 is 0 Å². The first-order valence-electron chi connectivity index (χ1n) is 8.60. The molecule has 0 saturated heterocycles. The molecule has 8 heteroatoms. The molecule has 0 radical (unpaired) electrons. The lowest BCUT2D eigenvalue weighted by molar-refractivity contribution is -0.119. The molecule has 2 aromatic heterocycles. The fourth-order valence-corrected chi connectivity index (χ4v) is 3.83. The van der Waals surface area contributed by atoms with E-state index in [2.05, 4.69) is 15.6 Å². The molecule has 0 saturated carbocycles. The molecule has 0 aliphatic rings. The van der Waals surface area contributed by atoms with Gasteiger partial charge in [-0.25, -0.2) is 0 Å². The number of amides is 1. The largest absolute Gasteiger partial charge is 0.324 e. The maximum absolute atomic E-state index is 12.9. The molecule has 0 fully saturated rings. The van der Waals surface area contributed by atoms with Crippen LogP contribution in [0.3, 0.4) is 0 Å². The minimum Gasteiger partial charge on any atom is -0.324 e. The molecule has 27 heavy (non-hydrogen) atoms. The van der Waals surface area contributed by atoms with Crippen LogP contribution in [0.15, 0.2) is 29.1 Å². The van der Waals surface area contributed by atoms with Gasteiger partial charge in [0.05, 0.1) is 5.39 Å². The molecular formula is C19H20N4O3S. The molecular weight excluding hydrogens is 364 g/mol. The summed E-state index contributed by atoms with van der Waals surface area (Å²) in [6.45, 7) is 7.10. The van der Waals surface area contributed by atoms with E-state index in [0.717, 1.165) is 15.1 Å². The molecule has 1 aromatic carbocycles. The third kappa shape index (κ3) is 3.52. The van der Waals surface area contributed by atoms with Crippen molar-refractivity contribution in [1.29, 1.82) is 0 Å². The molecule has 2 heterocycles. The van der Waals surface area contributed by atoms with Crippen LogP contribution in [0.2, 0.25) is 0 Å². The van der Waals surface area contributed by atoms with Gasteiger partial charge in [-0.2, -0.15) is 4.68 Å². The second kappa shape index (κ2) is 7.40. The molecule has 3 rings (SSSR count). The number of Topliss-reactive ketones (excluding diaryl/α,β-unsaturated/α-hetero) is 1. The third-order valence-corrected chi connectivity index (χ3v) is 5.66. The summed E-state index contributed by atoms with van der Waals surface area (Å²) in [6.07, 6.45) is 0.389. The summed E-state index contributed by atoms with van der Waals surface area (Å²) in [6, 6.07) is 5.83. The molecule has 1 N–H and O–H groups in total. The van der Waals surface area contributed by atoms with Gasteiger partial charge in [-0.05, 0) is 57.0 Å². The number of carbonyl (C=O) groups is 2. The summed E-state index contributed by atoms with van der Waals surface area (Å²) in [5.41, 5.74) is 1.68. The van der Waals surface area contributed by atoms with Crippen molar-refractivity contribution >= 4 is 38.9 Å². The van der Waals surface area contributed by atoms with Crippen LogP contribution in [0.5, 0.6) is 0 Å². The molecule has 1 amide bonds. The number of fused-ring (bicyclic) bond motifs is 1. The number of benzene rings is 1. The molecule has 0 aliphatic carbocycles. The Morgan fingerprint density at radius 3 is 2.48 bits per heavy atom. The Bertz CT molecular complexity index is 1080. The molecule has 0 bridgehead atoms. The topological polar surface area (TPSA) is 93.9 Å². The van der Waals surface area contributed by atoms with Gasteiger partial charge in [0.1, 0.15) is 6.04 Å². The van der Waals surface area contributed by atoms with E-state index in [9.17, 15) is 14.4 Å². The highest BCUT2D eigenvalue weighted by Gasteiger charge is 2.24. The van der Waals surface area contributed by atoms with Crippen molar-refractivity contribution in [2.45, 2.75) is 40.2 Å². The van der Waals surface area contributed by atoms with Gasteiger partial charge in [-0.1, -0.05) is 12.1 Å². The normalized spacial score (nSPS) is 12.1. The van der Waals surface area contributed by atoms with Gasteiger partial charge in [0, 0.05) is 16.1 Å². The molecule has 0 aliphatic heterocycles. The summed E-state index contributed by atoms with van der Waals surface area (Å²) in [5, 5.41) is 11.4. The number of thiophene rings is 1.